The van der Waals surface area contributed by atoms with Gasteiger partial charge in [0, 0.05) is 0 Å². The molecule has 0 aromatic heterocycles. The van der Waals surface area contributed by atoms with E-state index in [4.69, 9.17) is 5.26 Å². The van der Waals surface area contributed by atoms with E-state index in [9.17, 15) is 9.59 Å². The highest BCUT2D eigenvalue weighted by Crippen LogP contribution is 2.19. The van der Waals surface area contributed by atoms with Crippen molar-refractivity contribution in [3.05, 3.63) is 35.9 Å². The van der Waals surface area contributed by atoms with Crippen LogP contribution in [-0.2, 0) is 9.59 Å². The van der Waals surface area contributed by atoms with Gasteiger partial charge in [-0.05, 0) is 12.5 Å². The summed E-state index contributed by atoms with van der Waals surface area (Å²) in [5, 5.41) is 8.74. The van der Waals surface area contributed by atoms with E-state index in [2.05, 4.69) is 0 Å². The molecule has 0 bridgehead atoms. The van der Waals surface area contributed by atoms with E-state index >= 15 is 0 Å². The smallest absolute Gasteiger partial charge is 0.211 e. The van der Waals surface area contributed by atoms with Crippen LogP contribution in [0.1, 0.15) is 18.5 Å². The van der Waals surface area contributed by atoms with Gasteiger partial charge in [0.1, 0.15) is 0 Å². The zero-order chi connectivity index (χ0) is 12.0. The summed E-state index contributed by atoms with van der Waals surface area (Å²) in [6, 6.07) is 9.70. The molecule has 1 rings (SSSR count). The Kier molecular flexibility index (Phi) is 4.22. The van der Waals surface area contributed by atoms with Crippen LogP contribution in [0.25, 0.3) is 0 Å². The van der Waals surface area contributed by atoms with Crippen LogP contribution >= 0.6 is 0 Å². The molecule has 0 spiro atoms. The second-order valence-electron chi connectivity index (χ2n) is 3.35. The van der Waals surface area contributed by atoms with Crippen molar-refractivity contribution in [2.24, 2.45) is 0 Å². The molecule has 0 aliphatic carbocycles. The van der Waals surface area contributed by atoms with E-state index < -0.39 is 6.04 Å². The molecule has 0 heterocycles. The molecular formula is C12H12N2O2. The van der Waals surface area contributed by atoms with Crippen LogP contribution in [0.4, 0.5) is 0 Å². The number of carbonyl (C=O) groups excluding carboxylic acids is 2. The molecule has 0 aliphatic heterocycles. The monoisotopic (exact) mass is 216 g/mol. The van der Waals surface area contributed by atoms with Gasteiger partial charge in [-0.1, -0.05) is 30.3 Å². The highest BCUT2D eigenvalue weighted by molar-refractivity contribution is 5.68. The number of nitrogens with zero attached hydrogens (tertiary/aromatic N) is 2. The Bertz CT molecular complexity index is 397. The predicted octanol–water partition coefficient (Wildman–Crippen LogP) is 1.30. The normalized spacial score (nSPS) is 13.2. The second kappa shape index (κ2) is 5.66. The van der Waals surface area contributed by atoms with Gasteiger partial charge in [0.05, 0.1) is 12.1 Å². The summed E-state index contributed by atoms with van der Waals surface area (Å²) >= 11 is 0. The van der Waals surface area contributed by atoms with Gasteiger partial charge in [-0.2, -0.15) is 5.26 Å². The van der Waals surface area contributed by atoms with Gasteiger partial charge in [-0.3, -0.25) is 9.59 Å². The number of hydrogen-bond acceptors (Lipinski definition) is 3. The lowest BCUT2D eigenvalue weighted by Gasteiger charge is -2.26. The van der Waals surface area contributed by atoms with Crippen LogP contribution in [0.3, 0.4) is 0 Å². The fraction of sp³-hybridized carbons (Fsp3) is 0.250. The van der Waals surface area contributed by atoms with E-state index in [1.165, 1.54) is 4.90 Å². The van der Waals surface area contributed by atoms with Crippen LogP contribution in [0.15, 0.2) is 30.3 Å². The van der Waals surface area contributed by atoms with E-state index in [0.717, 1.165) is 5.56 Å². The predicted molar refractivity (Wildman–Crippen MR) is 58.2 cm³/mol. The minimum atomic E-state index is -1.03. The number of aldehydes is 1. The zero-order valence-corrected chi connectivity index (χ0v) is 8.91. The largest absolute Gasteiger partial charge is 0.316 e. The lowest BCUT2D eigenvalue weighted by molar-refractivity contribution is -0.125. The molecular weight excluding hydrogens is 204 g/mol. The van der Waals surface area contributed by atoms with Crippen molar-refractivity contribution in [1.82, 2.24) is 4.90 Å². The van der Waals surface area contributed by atoms with Gasteiger partial charge in [0.15, 0.2) is 12.3 Å². The van der Waals surface area contributed by atoms with Crippen LogP contribution in [0.2, 0.25) is 0 Å². The van der Waals surface area contributed by atoms with Crippen molar-refractivity contribution in [3.8, 4) is 6.07 Å². The van der Waals surface area contributed by atoms with E-state index in [0.29, 0.717) is 12.7 Å². The summed E-state index contributed by atoms with van der Waals surface area (Å²) in [5.74, 6) is 0. The number of benzene rings is 1. The zero-order valence-electron chi connectivity index (χ0n) is 8.91. The van der Waals surface area contributed by atoms with Crippen molar-refractivity contribution in [2.75, 3.05) is 0 Å². The highest BCUT2D eigenvalue weighted by Gasteiger charge is 2.22. The molecule has 0 saturated carbocycles. The minimum absolute atomic E-state index is 0.298. The lowest BCUT2D eigenvalue weighted by atomic mass is 10.1. The van der Waals surface area contributed by atoms with Crippen LogP contribution in [0, 0.1) is 11.3 Å². The molecule has 0 radical (unpaired) electrons. The Morgan fingerprint density at radius 3 is 2.38 bits per heavy atom. The Morgan fingerprint density at radius 2 is 1.94 bits per heavy atom. The maximum absolute atomic E-state index is 10.9. The number of hydrogen-bond donors (Lipinski definition) is 0. The topological polar surface area (TPSA) is 61.2 Å². The first-order chi connectivity index (χ1) is 7.74. The molecule has 1 amide bonds. The van der Waals surface area contributed by atoms with Crippen molar-refractivity contribution in [1.29, 1.82) is 5.26 Å². The quantitative estimate of drug-likeness (QED) is 0.697. The highest BCUT2D eigenvalue weighted by atomic mass is 16.1. The standard InChI is InChI=1S/C12H12N2O2/c1-10(11-5-3-2-4-6-11)14(9-16)12(7-13)8-15/h2-6,8-10,12H,1H3. The van der Waals surface area contributed by atoms with Crippen molar-refractivity contribution < 1.29 is 9.59 Å². The molecule has 0 N–H and O–H groups in total. The molecule has 1 aromatic rings. The maximum Gasteiger partial charge on any atom is 0.211 e. The maximum atomic E-state index is 10.9. The molecule has 82 valence electrons. The third-order valence-corrected chi connectivity index (χ3v) is 2.43. The molecule has 1 aromatic carbocycles. The van der Waals surface area contributed by atoms with Gasteiger partial charge in [-0.15, -0.1) is 0 Å². The van der Waals surface area contributed by atoms with Crippen LogP contribution in [-0.4, -0.2) is 23.6 Å². The summed E-state index contributed by atoms with van der Waals surface area (Å²) in [4.78, 5) is 22.7. The fourth-order valence-electron chi connectivity index (χ4n) is 1.47. The number of amides is 1. The molecule has 0 saturated heterocycles. The van der Waals surface area contributed by atoms with E-state index in [1.807, 2.05) is 30.3 Å². The Labute approximate surface area is 94.1 Å². The lowest BCUT2D eigenvalue weighted by Crippen LogP contribution is -2.36. The summed E-state index contributed by atoms with van der Waals surface area (Å²) in [5.41, 5.74) is 0.886. The summed E-state index contributed by atoms with van der Waals surface area (Å²) in [6.45, 7) is 1.78. The molecule has 2 atom stereocenters. The SMILES string of the molecule is CC(c1ccccc1)N(C=O)C(C#N)C=O. The van der Waals surface area contributed by atoms with Gasteiger partial charge in [0.25, 0.3) is 0 Å². The molecule has 2 unspecified atom stereocenters. The Morgan fingerprint density at radius 1 is 1.31 bits per heavy atom. The molecule has 4 heteroatoms. The number of carbonyl (C=O) groups is 2. The number of rotatable bonds is 5. The average Bonchev–Trinajstić information content (AvgIpc) is 2.36. The third-order valence-electron chi connectivity index (χ3n) is 2.43. The molecule has 16 heavy (non-hydrogen) atoms. The average molecular weight is 216 g/mol. The van der Waals surface area contributed by atoms with Gasteiger partial charge in [0.2, 0.25) is 6.41 Å². The van der Waals surface area contributed by atoms with Gasteiger partial charge in [-0.25, -0.2) is 0 Å². The number of nitriles is 1. The molecule has 0 fully saturated rings. The van der Waals surface area contributed by atoms with Gasteiger partial charge < -0.3 is 4.90 Å². The van der Waals surface area contributed by atoms with Crippen molar-refractivity contribution in [3.63, 3.8) is 0 Å². The van der Waals surface area contributed by atoms with E-state index in [1.54, 1.807) is 13.0 Å². The Hall–Kier alpha value is -2.15. The van der Waals surface area contributed by atoms with E-state index in [-0.39, 0.29) is 6.04 Å². The Balaban J connectivity index is 2.94. The molecule has 4 nitrogen and oxygen atoms in total. The first kappa shape index (κ1) is 11.9. The molecule has 0 aliphatic rings. The first-order valence-corrected chi connectivity index (χ1v) is 4.87. The first-order valence-electron chi connectivity index (χ1n) is 4.87. The fourth-order valence-corrected chi connectivity index (χ4v) is 1.47. The second-order valence-corrected chi connectivity index (χ2v) is 3.35. The van der Waals surface area contributed by atoms with Crippen molar-refractivity contribution in [2.45, 2.75) is 19.0 Å². The minimum Gasteiger partial charge on any atom is -0.316 e. The van der Waals surface area contributed by atoms with Crippen LogP contribution < -0.4 is 0 Å². The van der Waals surface area contributed by atoms with Gasteiger partial charge >= 0.3 is 0 Å². The van der Waals surface area contributed by atoms with Crippen LogP contribution in [0.5, 0.6) is 0 Å². The third kappa shape index (κ3) is 2.45. The van der Waals surface area contributed by atoms with Crippen molar-refractivity contribution >= 4 is 12.7 Å². The summed E-state index contributed by atoms with van der Waals surface area (Å²) in [6.07, 6.45) is 0.994. The summed E-state index contributed by atoms with van der Waals surface area (Å²) in [7, 11) is 0. The summed E-state index contributed by atoms with van der Waals surface area (Å²) < 4.78 is 0.